The van der Waals surface area contributed by atoms with Crippen LogP contribution in [0, 0.1) is 11.8 Å². The smallest absolute Gasteiger partial charge is 0.274 e. The van der Waals surface area contributed by atoms with Crippen LogP contribution in [0.1, 0.15) is 36.5 Å². The van der Waals surface area contributed by atoms with Crippen LogP contribution >= 0.6 is 24.8 Å². The fraction of sp³-hybridized carbons (Fsp3) is 0.538. The number of benzene rings is 1. The van der Waals surface area contributed by atoms with Crippen LogP contribution in [0.5, 0.6) is 0 Å². The van der Waals surface area contributed by atoms with Gasteiger partial charge in [-0.25, -0.2) is 17.7 Å². The summed E-state index contributed by atoms with van der Waals surface area (Å²) in [6.45, 7) is 8.52. The molecule has 0 radical (unpaired) electrons. The summed E-state index contributed by atoms with van der Waals surface area (Å²) in [6.07, 6.45) is 4.63. The number of sulfonamides is 1. The number of likely N-dealkylation sites (tertiary alicyclic amines) is 1. The molecule has 1 aromatic carbocycles. The second-order valence-corrected chi connectivity index (χ2v) is 12.4. The number of nitrogens with zero attached hydrogens (tertiary/aromatic N) is 6. The van der Waals surface area contributed by atoms with Crippen molar-refractivity contribution in [1.29, 1.82) is 0 Å². The third-order valence-electron chi connectivity index (χ3n) is 7.73. The third kappa shape index (κ3) is 6.16. The fourth-order valence-electron chi connectivity index (χ4n) is 6.00. The van der Waals surface area contributed by atoms with Crippen LogP contribution in [0.15, 0.2) is 42.7 Å². The molecule has 0 unspecified atom stereocenters. The van der Waals surface area contributed by atoms with Gasteiger partial charge in [0.25, 0.3) is 5.91 Å². The molecule has 3 fully saturated rings. The highest BCUT2D eigenvalue weighted by Gasteiger charge is 2.58. The lowest BCUT2D eigenvalue weighted by molar-refractivity contribution is -0.129. The van der Waals surface area contributed by atoms with Crippen molar-refractivity contribution in [3.05, 3.63) is 54.1 Å². The van der Waals surface area contributed by atoms with Gasteiger partial charge in [0.05, 0.1) is 42.3 Å². The quantitative estimate of drug-likeness (QED) is 0.498. The van der Waals surface area contributed by atoms with Crippen molar-refractivity contribution in [2.45, 2.75) is 38.9 Å². The van der Waals surface area contributed by atoms with Crippen molar-refractivity contribution >= 4 is 52.3 Å². The number of halogens is 2. The van der Waals surface area contributed by atoms with Crippen molar-refractivity contribution in [3.8, 4) is 0 Å². The molecule has 3 aliphatic rings. The van der Waals surface area contributed by atoms with E-state index < -0.39 is 33.9 Å². The van der Waals surface area contributed by atoms with Crippen LogP contribution in [0.4, 0.5) is 5.69 Å². The number of carbonyl (C=O) groups is 2. The van der Waals surface area contributed by atoms with E-state index in [0.29, 0.717) is 19.5 Å². The van der Waals surface area contributed by atoms with Crippen molar-refractivity contribution in [2.24, 2.45) is 11.8 Å². The van der Waals surface area contributed by atoms with Crippen molar-refractivity contribution in [3.63, 3.8) is 0 Å². The lowest BCUT2D eigenvalue weighted by atomic mass is 9.88. The first-order valence-corrected chi connectivity index (χ1v) is 14.7. The van der Waals surface area contributed by atoms with E-state index in [1.54, 1.807) is 11.1 Å². The Bertz CT molecular complexity index is 1260. The van der Waals surface area contributed by atoms with Crippen LogP contribution < -0.4 is 4.90 Å². The molecule has 13 heteroatoms. The number of fused-ring (bicyclic) bond motifs is 1. The second-order valence-electron chi connectivity index (χ2n) is 10.5. The Morgan fingerprint density at radius 1 is 1.00 bits per heavy atom. The standard InChI is InChI=1S/C26H34N6O4S.2ClH/c1-18(2)23-24-22(32(26(23)34)37(3,35)36)9-10-31(24)25(33)21-16-27-19(15-28-21)17-29-11-13-30(14-12-29)20-7-5-4-6-8-20;;/h4-8,15-16,18,22-24H,9-14,17H2,1-3H3;2*1H/t22-,23+,24-;;/m0../s1. The van der Waals surface area contributed by atoms with Gasteiger partial charge < -0.3 is 9.80 Å². The van der Waals surface area contributed by atoms with Crippen molar-refractivity contribution < 1.29 is 18.0 Å². The molecule has 3 saturated heterocycles. The first-order valence-electron chi connectivity index (χ1n) is 12.8. The molecule has 2 aromatic rings. The molecule has 0 saturated carbocycles. The summed E-state index contributed by atoms with van der Waals surface area (Å²) in [5.74, 6) is -1.39. The summed E-state index contributed by atoms with van der Waals surface area (Å²) in [5, 5.41) is 0. The van der Waals surface area contributed by atoms with Gasteiger partial charge in [0, 0.05) is 45.0 Å². The number of anilines is 1. The van der Waals surface area contributed by atoms with E-state index in [4.69, 9.17) is 0 Å². The molecule has 0 aliphatic carbocycles. The molecule has 3 aliphatic heterocycles. The van der Waals surface area contributed by atoms with Gasteiger partial charge in [-0.3, -0.25) is 19.5 Å². The van der Waals surface area contributed by atoms with Crippen LogP contribution in [0.3, 0.4) is 0 Å². The fourth-order valence-corrected chi connectivity index (χ4v) is 7.17. The second kappa shape index (κ2) is 12.4. The Labute approximate surface area is 242 Å². The van der Waals surface area contributed by atoms with Crippen LogP contribution in [-0.2, 0) is 21.4 Å². The maximum Gasteiger partial charge on any atom is 0.274 e. The molecule has 214 valence electrons. The highest BCUT2D eigenvalue weighted by atomic mass is 35.5. The van der Waals surface area contributed by atoms with E-state index >= 15 is 0 Å². The molecule has 10 nitrogen and oxygen atoms in total. The van der Waals surface area contributed by atoms with Crippen LogP contribution in [0.2, 0.25) is 0 Å². The summed E-state index contributed by atoms with van der Waals surface area (Å²) in [4.78, 5) is 41.7. The number of piperazine rings is 1. The van der Waals surface area contributed by atoms with E-state index in [-0.39, 0.29) is 42.3 Å². The lowest BCUT2D eigenvalue weighted by Crippen LogP contribution is -2.46. The van der Waals surface area contributed by atoms with E-state index in [2.05, 4.69) is 44.0 Å². The molecule has 2 amide bonds. The maximum atomic E-state index is 13.4. The van der Waals surface area contributed by atoms with Gasteiger partial charge in [-0.1, -0.05) is 32.0 Å². The molecule has 39 heavy (non-hydrogen) atoms. The van der Waals surface area contributed by atoms with Gasteiger partial charge in [-0.05, 0) is 24.5 Å². The average molecular weight is 600 g/mol. The topological polar surface area (TPSA) is 107 Å². The number of para-hydroxylation sites is 1. The summed E-state index contributed by atoms with van der Waals surface area (Å²) in [5.41, 5.74) is 2.24. The summed E-state index contributed by atoms with van der Waals surface area (Å²) in [7, 11) is -3.72. The van der Waals surface area contributed by atoms with Gasteiger partial charge in [0.15, 0.2) is 0 Å². The van der Waals surface area contributed by atoms with Gasteiger partial charge in [-0.15, -0.1) is 24.8 Å². The van der Waals surface area contributed by atoms with E-state index in [9.17, 15) is 18.0 Å². The summed E-state index contributed by atoms with van der Waals surface area (Å²) < 4.78 is 25.7. The van der Waals surface area contributed by atoms with E-state index in [1.807, 2.05) is 19.9 Å². The zero-order valence-electron chi connectivity index (χ0n) is 22.3. The highest BCUT2D eigenvalue weighted by molar-refractivity contribution is 7.88. The van der Waals surface area contributed by atoms with Gasteiger partial charge in [0.2, 0.25) is 15.9 Å². The SMILES string of the molecule is CC(C)[C@H]1C(=O)N(S(C)(=O)=O)[C@H]2CCN(C(=O)c3cnc(CN4CCN(c5ccccc5)CC4)cn3)[C@H]12.Cl.Cl. The Balaban J connectivity index is 0.00000210. The maximum absolute atomic E-state index is 13.4. The van der Waals surface area contributed by atoms with Crippen molar-refractivity contribution in [2.75, 3.05) is 43.9 Å². The number of aromatic nitrogens is 2. The average Bonchev–Trinajstić information content (AvgIpc) is 3.41. The number of hydrogen-bond donors (Lipinski definition) is 0. The normalized spacial score (nSPS) is 23.4. The minimum absolute atomic E-state index is 0. The van der Waals surface area contributed by atoms with Gasteiger partial charge in [0.1, 0.15) is 5.69 Å². The highest BCUT2D eigenvalue weighted by Crippen LogP contribution is 2.41. The predicted octanol–water partition coefficient (Wildman–Crippen LogP) is 2.30. The first kappa shape index (κ1) is 31.1. The molecule has 1 aromatic heterocycles. The largest absolute Gasteiger partial charge is 0.369 e. The number of hydrogen-bond acceptors (Lipinski definition) is 8. The van der Waals surface area contributed by atoms with Gasteiger partial charge in [-0.2, -0.15) is 0 Å². The minimum atomic E-state index is -3.72. The molecular formula is C26H36Cl2N6O4S. The van der Waals surface area contributed by atoms with E-state index in [0.717, 1.165) is 42.4 Å². The number of rotatable bonds is 6. The Morgan fingerprint density at radius 3 is 2.23 bits per heavy atom. The first-order chi connectivity index (χ1) is 17.6. The number of carbonyl (C=O) groups excluding carboxylic acids is 2. The monoisotopic (exact) mass is 598 g/mol. The predicted molar refractivity (Wildman–Crippen MR) is 154 cm³/mol. The van der Waals surface area contributed by atoms with Gasteiger partial charge >= 0.3 is 0 Å². The molecule has 5 rings (SSSR count). The molecular weight excluding hydrogens is 563 g/mol. The Kier molecular flexibility index (Phi) is 9.85. The molecule has 0 bridgehead atoms. The molecule has 4 heterocycles. The Morgan fingerprint density at radius 2 is 1.67 bits per heavy atom. The minimum Gasteiger partial charge on any atom is -0.369 e. The lowest BCUT2D eigenvalue weighted by Gasteiger charge is -2.35. The van der Waals surface area contributed by atoms with Crippen LogP contribution in [-0.4, -0.2) is 95.4 Å². The summed E-state index contributed by atoms with van der Waals surface area (Å²) >= 11 is 0. The van der Waals surface area contributed by atoms with Crippen molar-refractivity contribution in [1.82, 2.24) is 24.1 Å². The van der Waals surface area contributed by atoms with Crippen LogP contribution in [0.25, 0.3) is 0 Å². The molecule has 0 N–H and O–H groups in total. The third-order valence-corrected chi connectivity index (χ3v) is 8.90. The molecule has 0 spiro atoms. The molecule has 3 atom stereocenters. The summed E-state index contributed by atoms with van der Waals surface area (Å²) in [6, 6.07) is 9.37. The number of amides is 2. The zero-order valence-corrected chi connectivity index (χ0v) is 24.8. The van der Waals surface area contributed by atoms with E-state index in [1.165, 1.54) is 11.9 Å². The zero-order chi connectivity index (χ0) is 26.3. The Hall–Kier alpha value is -2.47.